The Labute approximate surface area is 31.7 Å². The Morgan fingerprint density at radius 2 is 2.00 bits per heavy atom. The molecule has 1 fully saturated rings. The van der Waals surface area contributed by atoms with Gasteiger partial charge in [-0.05, 0) is 6.92 Å². The molecule has 2 heteroatoms. The molecule has 1 aliphatic heterocycles. The van der Waals surface area contributed by atoms with Gasteiger partial charge in [-0.25, -0.2) is 0 Å². The predicted octanol–water partition coefficient (Wildman–Crippen LogP) is 0.381. The minimum absolute atomic E-state index is 0. The van der Waals surface area contributed by atoms with E-state index < -0.39 is 0 Å². The maximum atomic E-state index is 4.60. The van der Waals surface area contributed by atoms with E-state index in [0.29, 0.717) is 6.10 Å². The normalized spacial score (nSPS) is 31.8. The third-order valence-electron chi connectivity index (χ3n) is 0.402. The zero-order valence-electron chi connectivity index (χ0n) is 3.11. The molecule has 2 nitrogen and oxygen atoms in total. The summed E-state index contributed by atoms with van der Waals surface area (Å²) in [5.41, 5.74) is 0. The Morgan fingerprint density at radius 3 is 2.00 bits per heavy atom. The number of rotatable bonds is 0. The lowest BCUT2D eigenvalue weighted by atomic mass is 10.6. The topological polar surface area (TPSA) is 47.5 Å². The van der Waals surface area contributed by atoms with Crippen molar-refractivity contribution in [3.05, 3.63) is 6.92 Å². The number of epoxide rings is 1. The molecule has 1 atom stereocenters. The average Bonchev–Trinajstić information content (AvgIpc) is 1.75. The van der Waals surface area contributed by atoms with E-state index >= 15 is 0 Å². The minimum atomic E-state index is 0. The van der Waals surface area contributed by atoms with Gasteiger partial charge >= 0.3 is 0 Å². The van der Waals surface area contributed by atoms with Crippen molar-refractivity contribution in [3.63, 3.8) is 0 Å². The molecule has 0 amide bonds. The van der Waals surface area contributed by atoms with Gasteiger partial charge in [0.15, 0.2) is 0 Å². The van der Waals surface area contributed by atoms with Crippen LogP contribution in [0.15, 0.2) is 0 Å². The van der Waals surface area contributed by atoms with Crippen LogP contribution in [0.25, 0.3) is 0 Å². The standard InChI is InChI=1S/C3H5O.H3N/c1-3-2-4-3;/h3H,1-2H2;1H3. The van der Waals surface area contributed by atoms with Gasteiger partial charge in [0.05, 0.1) is 12.7 Å². The van der Waals surface area contributed by atoms with Gasteiger partial charge in [0.25, 0.3) is 0 Å². The smallest absolute Gasteiger partial charge is 0.0810 e. The highest BCUT2D eigenvalue weighted by atomic mass is 16.6. The second-order valence-electron chi connectivity index (χ2n) is 0.955. The summed E-state index contributed by atoms with van der Waals surface area (Å²) in [6.07, 6.45) is 0.333. The lowest BCUT2D eigenvalue weighted by molar-refractivity contribution is 0.439. The predicted molar refractivity (Wildman–Crippen MR) is 20.1 cm³/mol. The second-order valence-corrected chi connectivity index (χ2v) is 0.955. The molecule has 5 heavy (non-hydrogen) atoms. The van der Waals surface area contributed by atoms with Crippen molar-refractivity contribution in [3.8, 4) is 0 Å². The molecule has 0 aliphatic carbocycles. The maximum Gasteiger partial charge on any atom is 0.0810 e. The largest absolute Gasteiger partial charge is 0.373 e. The molecule has 0 aromatic carbocycles. The third-order valence-corrected chi connectivity index (χ3v) is 0.402. The van der Waals surface area contributed by atoms with E-state index in [-0.39, 0.29) is 6.15 Å². The van der Waals surface area contributed by atoms with Crippen LogP contribution in [0.5, 0.6) is 0 Å². The Kier molecular flexibility index (Phi) is 1.36. The molecule has 1 rings (SSSR count). The zero-order valence-corrected chi connectivity index (χ0v) is 3.11. The lowest BCUT2D eigenvalue weighted by Crippen LogP contribution is -1.61. The quantitative estimate of drug-likeness (QED) is 0.422. The first-order chi connectivity index (χ1) is 1.89. The summed E-state index contributed by atoms with van der Waals surface area (Å²) in [7, 11) is 0. The SMILES string of the molecule is N.[CH2]C1CO1. The van der Waals surface area contributed by atoms with Crippen molar-refractivity contribution in [1.29, 1.82) is 0 Å². The van der Waals surface area contributed by atoms with E-state index in [9.17, 15) is 0 Å². The molecule has 0 spiro atoms. The molecule has 0 aromatic rings. The van der Waals surface area contributed by atoms with Crippen LogP contribution in [0.3, 0.4) is 0 Å². The molecule has 1 radical (unpaired) electrons. The molecular weight excluding hydrogens is 66.0 g/mol. The van der Waals surface area contributed by atoms with Gasteiger partial charge in [-0.2, -0.15) is 0 Å². The first-order valence-corrected chi connectivity index (χ1v) is 1.34. The van der Waals surface area contributed by atoms with Gasteiger partial charge in [0.2, 0.25) is 0 Å². The number of hydrogen-bond acceptors (Lipinski definition) is 2. The van der Waals surface area contributed by atoms with Crippen molar-refractivity contribution in [1.82, 2.24) is 6.15 Å². The molecule has 1 aliphatic rings. The van der Waals surface area contributed by atoms with Crippen LogP contribution < -0.4 is 6.15 Å². The van der Waals surface area contributed by atoms with Crippen LogP contribution in [0.1, 0.15) is 0 Å². The summed E-state index contributed by atoms with van der Waals surface area (Å²) in [4.78, 5) is 0. The zero-order chi connectivity index (χ0) is 2.99. The number of ether oxygens (including phenoxy) is 1. The first-order valence-electron chi connectivity index (χ1n) is 1.34. The van der Waals surface area contributed by atoms with Crippen molar-refractivity contribution in [2.24, 2.45) is 0 Å². The number of hydrogen-bond donors (Lipinski definition) is 1. The highest BCUT2D eigenvalue weighted by Crippen LogP contribution is 2.03. The van der Waals surface area contributed by atoms with Gasteiger partial charge in [-0.3, -0.25) is 0 Å². The third kappa shape index (κ3) is 1.69. The fraction of sp³-hybridized carbons (Fsp3) is 0.667. The Balaban J connectivity index is 0.000000160. The molecule has 1 heterocycles. The van der Waals surface area contributed by atoms with Crippen molar-refractivity contribution < 1.29 is 4.74 Å². The van der Waals surface area contributed by atoms with Crippen LogP contribution in [0, 0.1) is 6.92 Å². The van der Waals surface area contributed by atoms with Gasteiger partial charge in [-0.15, -0.1) is 0 Å². The molecular formula is C3H8NO. The highest BCUT2D eigenvalue weighted by molar-refractivity contribution is 4.69. The van der Waals surface area contributed by atoms with E-state index in [1.165, 1.54) is 0 Å². The first kappa shape index (κ1) is 4.92. The summed E-state index contributed by atoms with van der Waals surface area (Å²) >= 11 is 0. The Hall–Kier alpha value is -0.0800. The molecule has 0 saturated carbocycles. The van der Waals surface area contributed by atoms with Crippen LogP contribution >= 0.6 is 0 Å². The molecule has 31 valence electrons. The Bertz CT molecular complexity index is 26.1. The molecule has 1 unspecified atom stereocenters. The lowest BCUT2D eigenvalue weighted by Gasteiger charge is -1.50. The van der Waals surface area contributed by atoms with Gasteiger partial charge in [-0.1, -0.05) is 0 Å². The van der Waals surface area contributed by atoms with E-state index in [2.05, 4.69) is 11.7 Å². The second kappa shape index (κ2) is 1.38. The minimum Gasteiger partial charge on any atom is -0.373 e. The van der Waals surface area contributed by atoms with Crippen LogP contribution in [-0.2, 0) is 4.74 Å². The Morgan fingerprint density at radius 1 is 1.80 bits per heavy atom. The summed E-state index contributed by atoms with van der Waals surface area (Å²) in [5.74, 6) is 0. The summed E-state index contributed by atoms with van der Waals surface area (Å²) in [6, 6.07) is 0. The van der Waals surface area contributed by atoms with E-state index in [1.54, 1.807) is 0 Å². The van der Waals surface area contributed by atoms with Crippen LogP contribution in [0.4, 0.5) is 0 Å². The van der Waals surface area contributed by atoms with Crippen LogP contribution in [-0.4, -0.2) is 12.7 Å². The molecule has 3 N–H and O–H groups in total. The summed E-state index contributed by atoms with van der Waals surface area (Å²) in [6.45, 7) is 4.40. The van der Waals surface area contributed by atoms with E-state index in [1.807, 2.05) is 0 Å². The highest BCUT2D eigenvalue weighted by Gasteiger charge is 2.13. The fourth-order valence-electron chi connectivity index (χ4n) is 0.0680. The molecule has 0 aromatic heterocycles. The average molecular weight is 74.1 g/mol. The summed E-state index contributed by atoms with van der Waals surface area (Å²) < 4.78 is 4.60. The van der Waals surface area contributed by atoms with Crippen molar-refractivity contribution in [2.75, 3.05) is 6.61 Å². The fourth-order valence-corrected chi connectivity index (χ4v) is 0.0680. The van der Waals surface area contributed by atoms with E-state index in [4.69, 9.17) is 0 Å². The van der Waals surface area contributed by atoms with Gasteiger partial charge in [0, 0.05) is 0 Å². The van der Waals surface area contributed by atoms with Crippen molar-refractivity contribution >= 4 is 0 Å². The van der Waals surface area contributed by atoms with Gasteiger partial charge < -0.3 is 10.9 Å². The van der Waals surface area contributed by atoms with E-state index in [0.717, 1.165) is 6.61 Å². The van der Waals surface area contributed by atoms with Crippen molar-refractivity contribution in [2.45, 2.75) is 6.10 Å². The summed E-state index contributed by atoms with van der Waals surface area (Å²) in [5, 5.41) is 0. The molecule has 1 saturated heterocycles. The monoisotopic (exact) mass is 74.1 g/mol. The van der Waals surface area contributed by atoms with Crippen LogP contribution in [0.2, 0.25) is 0 Å². The van der Waals surface area contributed by atoms with Gasteiger partial charge in [0.1, 0.15) is 0 Å². The molecule has 0 bridgehead atoms. The maximum absolute atomic E-state index is 4.60.